The predicted octanol–water partition coefficient (Wildman–Crippen LogP) is 3.75. The molecule has 0 spiro atoms. The lowest BCUT2D eigenvalue weighted by molar-refractivity contribution is -0.136. The molecule has 124 valence electrons. The highest BCUT2D eigenvalue weighted by Crippen LogP contribution is 2.29. The van der Waals surface area contributed by atoms with E-state index in [0.29, 0.717) is 0 Å². The van der Waals surface area contributed by atoms with Gasteiger partial charge in [-0.2, -0.15) is 4.98 Å². The van der Waals surface area contributed by atoms with Crippen LogP contribution >= 0.6 is 0 Å². The molecule has 2 aromatic carbocycles. The van der Waals surface area contributed by atoms with Gasteiger partial charge in [0.2, 0.25) is 0 Å². The van der Waals surface area contributed by atoms with E-state index in [0.717, 1.165) is 18.2 Å². The molecule has 0 aliphatic rings. The van der Waals surface area contributed by atoms with Gasteiger partial charge >= 0.3 is 5.97 Å². The van der Waals surface area contributed by atoms with Crippen molar-refractivity contribution < 1.29 is 31.9 Å². The molecule has 0 unspecified atom stereocenters. The van der Waals surface area contributed by atoms with Crippen LogP contribution < -0.4 is 5.32 Å². The molecule has 0 bridgehead atoms. The van der Waals surface area contributed by atoms with Crippen LogP contribution in [-0.2, 0) is 11.2 Å². The normalized spacial score (nSPS) is 11.0. The molecule has 0 saturated heterocycles. The van der Waals surface area contributed by atoms with Crippen molar-refractivity contribution in [3.05, 3.63) is 53.1 Å². The second-order valence-electron chi connectivity index (χ2n) is 4.85. The minimum Gasteiger partial charge on any atom is -0.481 e. The molecule has 1 aromatic heterocycles. The maximum atomic E-state index is 14.2. The Bertz CT molecular complexity index is 956. The first-order valence-electron chi connectivity index (χ1n) is 6.56. The molecule has 24 heavy (non-hydrogen) atoms. The summed E-state index contributed by atoms with van der Waals surface area (Å²) in [7, 11) is 0. The number of oxazole rings is 1. The third-order valence-corrected chi connectivity index (χ3v) is 3.15. The standard InChI is InChI=1S/C15H8F4N2O3/c16-8-2-1-7(5-9(8)17)20-15-21-13-10(18)3-6(4-11(22)23)12(19)14(13)24-15/h1-3,5H,4H2,(H,20,21)(H,22,23). The Balaban J connectivity index is 2.01. The Hall–Kier alpha value is -3.10. The van der Waals surface area contributed by atoms with Crippen molar-refractivity contribution in [2.24, 2.45) is 0 Å². The van der Waals surface area contributed by atoms with Crippen LogP contribution in [0.15, 0.2) is 28.7 Å². The van der Waals surface area contributed by atoms with Gasteiger partial charge in [-0.25, -0.2) is 17.6 Å². The maximum absolute atomic E-state index is 14.2. The topological polar surface area (TPSA) is 75.4 Å². The first-order chi connectivity index (χ1) is 11.3. The zero-order valence-corrected chi connectivity index (χ0v) is 11.7. The molecule has 3 rings (SSSR count). The van der Waals surface area contributed by atoms with Crippen molar-refractivity contribution in [1.82, 2.24) is 4.98 Å². The molecule has 0 amide bonds. The molecule has 5 nitrogen and oxygen atoms in total. The van der Waals surface area contributed by atoms with Gasteiger partial charge < -0.3 is 14.8 Å². The lowest BCUT2D eigenvalue weighted by Crippen LogP contribution is -2.03. The van der Waals surface area contributed by atoms with Crippen molar-refractivity contribution in [3.8, 4) is 0 Å². The third kappa shape index (κ3) is 2.87. The number of halogens is 4. The van der Waals surface area contributed by atoms with Crippen LogP contribution in [-0.4, -0.2) is 16.1 Å². The van der Waals surface area contributed by atoms with Crippen LogP contribution in [0.2, 0.25) is 0 Å². The molecule has 0 saturated carbocycles. The fourth-order valence-corrected chi connectivity index (χ4v) is 2.10. The zero-order chi connectivity index (χ0) is 17.4. The highest BCUT2D eigenvalue weighted by Gasteiger charge is 2.20. The van der Waals surface area contributed by atoms with E-state index < -0.39 is 52.3 Å². The first-order valence-corrected chi connectivity index (χ1v) is 6.56. The van der Waals surface area contributed by atoms with Crippen LogP contribution in [0.3, 0.4) is 0 Å². The number of fused-ring (bicyclic) bond motifs is 1. The molecular weight excluding hydrogens is 332 g/mol. The van der Waals surface area contributed by atoms with Crippen molar-refractivity contribution in [1.29, 1.82) is 0 Å². The van der Waals surface area contributed by atoms with Crippen molar-refractivity contribution >= 4 is 28.8 Å². The minimum absolute atomic E-state index is 0.0482. The van der Waals surface area contributed by atoms with Gasteiger partial charge in [0.15, 0.2) is 34.4 Å². The number of carbonyl (C=O) groups is 1. The number of aliphatic carboxylic acids is 1. The average Bonchev–Trinajstić information content (AvgIpc) is 2.92. The summed E-state index contributed by atoms with van der Waals surface area (Å²) in [5.74, 6) is -5.55. The molecule has 0 fully saturated rings. The van der Waals surface area contributed by atoms with E-state index in [1.165, 1.54) is 6.07 Å². The monoisotopic (exact) mass is 340 g/mol. The Morgan fingerprint density at radius 2 is 1.88 bits per heavy atom. The van der Waals surface area contributed by atoms with Gasteiger partial charge in [0, 0.05) is 17.3 Å². The van der Waals surface area contributed by atoms with E-state index in [1.54, 1.807) is 0 Å². The summed E-state index contributed by atoms with van der Waals surface area (Å²) in [6, 6.07) is 3.20. The molecule has 0 radical (unpaired) electrons. The van der Waals surface area contributed by atoms with Crippen LogP contribution in [0, 0.1) is 23.3 Å². The molecule has 0 aliphatic carbocycles. The quantitative estimate of drug-likeness (QED) is 0.708. The summed E-state index contributed by atoms with van der Waals surface area (Å²) in [5.41, 5.74) is -1.38. The van der Waals surface area contributed by atoms with Crippen molar-refractivity contribution in [2.45, 2.75) is 6.42 Å². The Labute approximate surface area is 131 Å². The number of nitrogens with one attached hydrogen (secondary N) is 1. The second-order valence-corrected chi connectivity index (χ2v) is 4.85. The van der Waals surface area contributed by atoms with Crippen molar-refractivity contribution in [2.75, 3.05) is 5.32 Å². The summed E-state index contributed by atoms with van der Waals surface area (Å²) < 4.78 is 59.2. The summed E-state index contributed by atoms with van der Waals surface area (Å²) in [6.45, 7) is 0. The van der Waals surface area contributed by atoms with E-state index in [1.807, 2.05) is 0 Å². The highest BCUT2D eigenvalue weighted by molar-refractivity contribution is 5.80. The molecule has 3 aromatic rings. The summed E-state index contributed by atoms with van der Waals surface area (Å²) in [5, 5.41) is 11.1. The molecule has 1 heterocycles. The summed E-state index contributed by atoms with van der Waals surface area (Å²) >= 11 is 0. The Kier molecular flexibility index (Phi) is 3.84. The number of carboxylic acid groups (broad SMARTS) is 1. The number of rotatable bonds is 4. The summed E-state index contributed by atoms with van der Waals surface area (Å²) in [6.07, 6.45) is -0.731. The van der Waals surface area contributed by atoms with E-state index in [4.69, 9.17) is 9.52 Å². The smallest absolute Gasteiger partial charge is 0.307 e. The molecule has 9 heteroatoms. The molecule has 2 N–H and O–H groups in total. The first kappa shape index (κ1) is 15.8. The average molecular weight is 340 g/mol. The van der Waals surface area contributed by atoms with Gasteiger partial charge in [0.05, 0.1) is 6.42 Å². The van der Waals surface area contributed by atoms with E-state index in [-0.39, 0.29) is 11.7 Å². The number of carboxylic acids is 1. The Morgan fingerprint density at radius 1 is 1.12 bits per heavy atom. The van der Waals surface area contributed by atoms with E-state index in [2.05, 4.69) is 10.3 Å². The number of hydrogen-bond acceptors (Lipinski definition) is 4. The number of hydrogen-bond donors (Lipinski definition) is 2. The van der Waals surface area contributed by atoms with Crippen LogP contribution in [0.25, 0.3) is 11.1 Å². The SMILES string of the molecule is O=C(O)Cc1cc(F)c2nc(Nc3ccc(F)c(F)c3)oc2c1F. The third-order valence-electron chi connectivity index (χ3n) is 3.15. The number of benzene rings is 2. The minimum atomic E-state index is -1.34. The predicted molar refractivity (Wildman–Crippen MR) is 74.9 cm³/mol. The highest BCUT2D eigenvalue weighted by atomic mass is 19.2. The number of anilines is 2. The molecular formula is C15H8F4N2O3. The van der Waals surface area contributed by atoms with Gasteiger partial charge in [-0.15, -0.1) is 0 Å². The molecule has 0 aliphatic heterocycles. The van der Waals surface area contributed by atoms with Crippen LogP contribution in [0.5, 0.6) is 0 Å². The largest absolute Gasteiger partial charge is 0.481 e. The lowest BCUT2D eigenvalue weighted by atomic mass is 10.1. The van der Waals surface area contributed by atoms with Crippen LogP contribution in [0.1, 0.15) is 5.56 Å². The van der Waals surface area contributed by atoms with Crippen LogP contribution in [0.4, 0.5) is 29.3 Å². The molecule has 0 atom stereocenters. The van der Waals surface area contributed by atoms with Gasteiger partial charge in [-0.1, -0.05) is 0 Å². The van der Waals surface area contributed by atoms with Gasteiger partial charge in [-0.05, 0) is 18.2 Å². The fourth-order valence-electron chi connectivity index (χ4n) is 2.10. The fraction of sp³-hybridized carbons (Fsp3) is 0.0667. The lowest BCUT2D eigenvalue weighted by Gasteiger charge is -2.01. The van der Waals surface area contributed by atoms with Gasteiger partial charge in [-0.3, -0.25) is 4.79 Å². The van der Waals surface area contributed by atoms with Gasteiger partial charge in [0.1, 0.15) is 0 Å². The zero-order valence-electron chi connectivity index (χ0n) is 11.7. The number of aromatic nitrogens is 1. The maximum Gasteiger partial charge on any atom is 0.307 e. The summed E-state index contributed by atoms with van der Waals surface area (Å²) in [4.78, 5) is 14.3. The van der Waals surface area contributed by atoms with Gasteiger partial charge in [0.25, 0.3) is 6.01 Å². The second kappa shape index (κ2) is 5.84. The number of nitrogens with zero attached hydrogens (tertiary/aromatic N) is 1. The van der Waals surface area contributed by atoms with Crippen molar-refractivity contribution in [3.63, 3.8) is 0 Å². The Morgan fingerprint density at radius 3 is 2.54 bits per heavy atom. The van der Waals surface area contributed by atoms with E-state index in [9.17, 15) is 22.4 Å². The van der Waals surface area contributed by atoms with E-state index >= 15 is 0 Å².